The summed E-state index contributed by atoms with van der Waals surface area (Å²) in [7, 11) is 0. The zero-order valence-corrected chi connectivity index (χ0v) is 14.3. The SMILES string of the molecule is Nc1ncccc1C(=O)OCC(=O)Nc1ccc(Br)cc1Br. The van der Waals surface area contributed by atoms with E-state index in [0.717, 1.165) is 4.47 Å². The van der Waals surface area contributed by atoms with Crippen molar-refractivity contribution >= 4 is 55.2 Å². The van der Waals surface area contributed by atoms with Crippen molar-refractivity contribution < 1.29 is 14.3 Å². The van der Waals surface area contributed by atoms with E-state index in [4.69, 9.17) is 10.5 Å². The third kappa shape index (κ3) is 4.28. The maximum Gasteiger partial charge on any atom is 0.342 e. The van der Waals surface area contributed by atoms with E-state index in [1.54, 1.807) is 24.3 Å². The highest BCUT2D eigenvalue weighted by atomic mass is 79.9. The Kier molecular flexibility index (Phi) is 5.51. The Hall–Kier alpha value is -1.93. The molecule has 0 spiro atoms. The van der Waals surface area contributed by atoms with Crippen LogP contribution in [0.3, 0.4) is 0 Å². The lowest BCUT2D eigenvalue weighted by Crippen LogP contribution is -2.21. The smallest absolute Gasteiger partial charge is 0.342 e. The molecule has 1 heterocycles. The fourth-order valence-electron chi connectivity index (χ4n) is 1.58. The average molecular weight is 429 g/mol. The quantitative estimate of drug-likeness (QED) is 0.730. The van der Waals surface area contributed by atoms with Crippen molar-refractivity contribution in [3.63, 3.8) is 0 Å². The van der Waals surface area contributed by atoms with Crippen LogP contribution < -0.4 is 11.1 Å². The number of carbonyl (C=O) groups is 2. The largest absolute Gasteiger partial charge is 0.452 e. The standard InChI is InChI=1S/C14H11Br2N3O3/c15-8-3-4-11(10(16)6-8)19-12(20)7-22-14(21)9-2-1-5-18-13(9)17/h1-6H,7H2,(H2,17,18)(H,19,20). The van der Waals surface area contributed by atoms with Gasteiger partial charge in [-0.2, -0.15) is 0 Å². The lowest BCUT2D eigenvalue weighted by atomic mass is 10.2. The normalized spacial score (nSPS) is 10.1. The Morgan fingerprint density at radius 3 is 2.73 bits per heavy atom. The van der Waals surface area contributed by atoms with Crippen LogP contribution in [-0.4, -0.2) is 23.5 Å². The molecule has 1 amide bonds. The summed E-state index contributed by atoms with van der Waals surface area (Å²) in [5.41, 5.74) is 6.26. The maximum atomic E-state index is 11.8. The second-order valence-electron chi connectivity index (χ2n) is 4.18. The molecule has 6 nitrogen and oxygen atoms in total. The molecule has 1 aromatic carbocycles. The molecule has 1 aromatic heterocycles. The lowest BCUT2D eigenvalue weighted by molar-refractivity contribution is -0.119. The van der Waals surface area contributed by atoms with E-state index in [1.165, 1.54) is 12.3 Å². The first-order valence-corrected chi connectivity index (χ1v) is 7.68. The second kappa shape index (κ2) is 7.37. The number of nitrogen functional groups attached to an aromatic ring is 1. The molecule has 8 heteroatoms. The number of hydrogen-bond acceptors (Lipinski definition) is 5. The van der Waals surface area contributed by atoms with Crippen molar-refractivity contribution in [1.29, 1.82) is 0 Å². The number of nitrogens with two attached hydrogens (primary N) is 1. The van der Waals surface area contributed by atoms with E-state index >= 15 is 0 Å². The summed E-state index contributed by atoms with van der Waals surface area (Å²) in [5, 5.41) is 2.63. The molecule has 0 bridgehead atoms. The van der Waals surface area contributed by atoms with Crippen molar-refractivity contribution in [2.24, 2.45) is 0 Å². The van der Waals surface area contributed by atoms with Crippen molar-refractivity contribution in [2.45, 2.75) is 0 Å². The molecule has 0 saturated carbocycles. The third-order valence-corrected chi connectivity index (χ3v) is 3.75. The predicted molar refractivity (Wildman–Crippen MR) is 89.4 cm³/mol. The highest BCUT2D eigenvalue weighted by Gasteiger charge is 2.14. The Bertz CT molecular complexity index is 722. The van der Waals surface area contributed by atoms with E-state index < -0.39 is 18.5 Å². The van der Waals surface area contributed by atoms with Crippen LogP contribution in [0.15, 0.2) is 45.5 Å². The first-order chi connectivity index (χ1) is 10.5. The molecule has 114 valence electrons. The molecule has 3 N–H and O–H groups in total. The highest BCUT2D eigenvalue weighted by molar-refractivity contribution is 9.11. The number of carbonyl (C=O) groups excluding carboxylic acids is 2. The van der Waals surface area contributed by atoms with Gasteiger partial charge in [0.1, 0.15) is 11.4 Å². The molecule has 2 aromatic rings. The van der Waals surface area contributed by atoms with Crippen LogP contribution in [0.25, 0.3) is 0 Å². The van der Waals surface area contributed by atoms with Crippen LogP contribution in [0.4, 0.5) is 11.5 Å². The van der Waals surface area contributed by atoms with Gasteiger partial charge >= 0.3 is 5.97 Å². The number of nitrogens with zero attached hydrogens (tertiary/aromatic N) is 1. The number of amides is 1. The van der Waals surface area contributed by atoms with E-state index in [0.29, 0.717) is 10.2 Å². The van der Waals surface area contributed by atoms with Gasteiger partial charge in [0.2, 0.25) is 0 Å². The van der Waals surface area contributed by atoms with Gasteiger partial charge in [-0.1, -0.05) is 15.9 Å². The number of esters is 1. The molecular formula is C14H11Br2N3O3. The summed E-state index contributed by atoms with van der Waals surface area (Å²) in [6.07, 6.45) is 1.46. The van der Waals surface area contributed by atoms with Gasteiger partial charge in [-0.05, 0) is 46.3 Å². The number of rotatable bonds is 4. The second-order valence-corrected chi connectivity index (χ2v) is 5.95. The van der Waals surface area contributed by atoms with Gasteiger partial charge in [0.15, 0.2) is 6.61 Å². The minimum Gasteiger partial charge on any atom is -0.452 e. The van der Waals surface area contributed by atoms with Crippen LogP contribution in [0.2, 0.25) is 0 Å². The molecule has 0 unspecified atom stereocenters. The fraction of sp³-hybridized carbons (Fsp3) is 0.0714. The Balaban J connectivity index is 1.93. The highest BCUT2D eigenvalue weighted by Crippen LogP contribution is 2.26. The number of hydrogen-bond donors (Lipinski definition) is 2. The van der Waals surface area contributed by atoms with Crippen LogP contribution in [-0.2, 0) is 9.53 Å². The molecule has 0 fully saturated rings. The summed E-state index contributed by atoms with van der Waals surface area (Å²) in [6, 6.07) is 8.33. The minimum absolute atomic E-state index is 0.0589. The number of benzene rings is 1. The fourth-order valence-corrected chi connectivity index (χ4v) is 2.72. The van der Waals surface area contributed by atoms with Crippen LogP contribution in [0.5, 0.6) is 0 Å². The molecule has 0 radical (unpaired) electrons. The van der Waals surface area contributed by atoms with Crippen molar-refractivity contribution in [2.75, 3.05) is 17.7 Å². The number of aromatic nitrogens is 1. The Morgan fingerprint density at radius 2 is 2.05 bits per heavy atom. The van der Waals surface area contributed by atoms with E-state index in [2.05, 4.69) is 42.2 Å². The minimum atomic E-state index is -0.698. The monoisotopic (exact) mass is 427 g/mol. The topological polar surface area (TPSA) is 94.3 Å². The van der Waals surface area contributed by atoms with Crippen LogP contribution in [0.1, 0.15) is 10.4 Å². The summed E-state index contributed by atoms with van der Waals surface area (Å²) >= 11 is 6.64. The van der Waals surface area contributed by atoms with Crippen LogP contribution in [0, 0.1) is 0 Å². The molecule has 2 rings (SSSR count). The molecule has 0 aliphatic rings. The first-order valence-electron chi connectivity index (χ1n) is 6.10. The van der Waals surface area contributed by atoms with E-state index in [-0.39, 0.29) is 11.4 Å². The van der Waals surface area contributed by atoms with Gasteiger partial charge in [-0.15, -0.1) is 0 Å². The zero-order chi connectivity index (χ0) is 16.1. The summed E-state index contributed by atoms with van der Waals surface area (Å²) < 4.78 is 6.49. The summed E-state index contributed by atoms with van der Waals surface area (Å²) in [4.78, 5) is 27.4. The van der Waals surface area contributed by atoms with Crippen molar-refractivity contribution in [3.8, 4) is 0 Å². The maximum absolute atomic E-state index is 11.8. The molecule has 22 heavy (non-hydrogen) atoms. The number of ether oxygens (including phenoxy) is 1. The molecule has 0 aliphatic heterocycles. The van der Waals surface area contributed by atoms with Gasteiger partial charge in [-0.25, -0.2) is 9.78 Å². The molecule has 0 aliphatic carbocycles. The summed E-state index contributed by atoms with van der Waals surface area (Å²) in [5.74, 6) is -1.10. The summed E-state index contributed by atoms with van der Waals surface area (Å²) in [6.45, 7) is -0.421. The predicted octanol–water partition coefficient (Wildman–Crippen LogP) is 2.98. The number of halogens is 2. The number of nitrogens with one attached hydrogen (secondary N) is 1. The number of anilines is 2. The average Bonchev–Trinajstić information content (AvgIpc) is 2.48. The van der Waals surface area contributed by atoms with Crippen LogP contribution >= 0.6 is 31.9 Å². The van der Waals surface area contributed by atoms with Gasteiger partial charge < -0.3 is 15.8 Å². The molecule has 0 atom stereocenters. The van der Waals surface area contributed by atoms with E-state index in [9.17, 15) is 9.59 Å². The molecular weight excluding hydrogens is 418 g/mol. The zero-order valence-electron chi connectivity index (χ0n) is 11.2. The van der Waals surface area contributed by atoms with Gasteiger partial charge in [-0.3, -0.25) is 4.79 Å². The van der Waals surface area contributed by atoms with Crippen molar-refractivity contribution in [3.05, 3.63) is 51.0 Å². The lowest BCUT2D eigenvalue weighted by Gasteiger charge is -2.09. The van der Waals surface area contributed by atoms with Gasteiger partial charge in [0.05, 0.1) is 5.69 Å². The molecule has 0 saturated heterocycles. The third-order valence-electron chi connectivity index (χ3n) is 2.60. The van der Waals surface area contributed by atoms with Gasteiger partial charge in [0.25, 0.3) is 5.91 Å². The Morgan fingerprint density at radius 1 is 1.27 bits per heavy atom. The van der Waals surface area contributed by atoms with Gasteiger partial charge in [0, 0.05) is 15.1 Å². The number of pyridine rings is 1. The van der Waals surface area contributed by atoms with Crippen molar-refractivity contribution in [1.82, 2.24) is 4.98 Å². The Labute approximate surface area is 143 Å². The van der Waals surface area contributed by atoms with E-state index in [1.807, 2.05) is 0 Å². The first kappa shape index (κ1) is 16.4.